The largest absolute Gasteiger partial charge is 0.444 e. The fraction of sp³-hybridized carbons (Fsp3) is 0.875. The van der Waals surface area contributed by atoms with Crippen LogP contribution in [0.25, 0.3) is 0 Å². The molecule has 23 heavy (non-hydrogen) atoms. The average molecular weight is 326 g/mol. The molecule has 0 aromatic carbocycles. The maximum Gasteiger partial charge on any atom is 0.410 e. The molecule has 7 heteroatoms. The van der Waals surface area contributed by atoms with Crippen LogP contribution < -0.4 is 5.73 Å². The van der Waals surface area contributed by atoms with E-state index in [1.165, 1.54) is 6.42 Å². The van der Waals surface area contributed by atoms with Crippen LogP contribution >= 0.6 is 0 Å². The normalized spacial score (nSPS) is 21.8. The third-order valence-corrected chi connectivity index (χ3v) is 4.48. The van der Waals surface area contributed by atoms with Gasteiger partial charge in [-0.1, -0.05) is 0 Å². The van der Waals surface area contributed by atoms with Crippen molar-refractivity contribution in [2.24, 2.45) is 10.7 Å². The third kappa shape index (κ3) is 4.73. The fourth-order valence-electron chi connectivity index (χ4n) is 2.77. The molecule has 1 aliphatic carbocycles. The predicted molar refractivity (Wildman–Crippen MR) is 89.5 cm³/mol. The number of carbonyl (C=O) groups excluding carboxylic acids is 1. The molecule has 0 bridgehead atoms. The number of amides is 1. The minimum absolute atomic E-state index is 0.108. The highest BCUT2D eigenvalue weighted by Gasteiger charge is 2.37. The highest BCUT2D eigenvalue weighted by Crippen LogP contribution is 2.35. The van der Waals surface area contributed by atoms with Crippen molar-refractivity contribution < 1.29 is 14.3 Å². The molecule has 1 saturated carbocycles. The van der Waals surface area contributed by atoms with Crippen molar-refractivity contribution in [3.63, 3.8) is 0 Å². The quantitative estimate of drug-likeness (QED) is 0.627. The average Bonchev–Trinajstić information content (AvgIpc) is 2.45. The van der Waals surface area contributed by atoms with Crippen molar-refractivity contribution in [2.45, 2.75) is 51.2 Å². The second kappa shape index (κ2) is 6.95. The lowest BCUT2D eigenvalue weighted by atomic mass is 9.80. The van der Waals surface area contributed by atoms with E-state index in [4.69, 9.17) is 15.2 Å². The molecule has 0 unspecified atom stereocenters. The number of methoxy groups -OCH3 is 1. The number of hydrogen-bond donors (Lipinski definition) is 1. The number of piperazine rings is 1. The summed E-state index contributed by atoms with van der Waals surface area (Å²) in [5.41, 5.74) is 5.52. The third-order valence-electron chi connectivity index (χ3n) is 4.48. The summed E-state index contributed by atoms with van der Waals surface area (Å²) in [7, 11) is 1.74. The van der Waals surface area contributed by atoms with E-state index in [0.717, 1.165) is 12.8 Å². The molecule has 1 heterocycles. The van der Waals surface area contributed by atoms with Crippen LogP contribution in [0.2, 0.25) is 0 Å². The Kier molecular flexibility index (Phi) is 5.39. The van der Waals surface area contributed by atoms with Gasteiger partial charge in [0.25, 0.3) is 0 Å². The Morgan fingerprint density at radius 1 is 1.17 bits per heavy atom. The molecule has 7 nitrogen and oxygen atoms in total. The number of guanidine groups is 1. The SMILES string of the molecule is COC1(CN=C(N)N2CCN(C(=O)OC(C)(C)C)CC2)CCC1. The van der Waals surface area contributed by atoms with E-state index in [2.05, 4.69) is 4.99 Å². The second-order valence-electron chi connectivity index (χ2n) is 7.37. The minimum Gasteiger partial charge on any atom is -0.444 e. The van der Waals surface area contributed by atoms with Gasteiger partial charge in [0.05, 0.1) is 12.1 Å². The summed E-state index contributed by atoms with van der Waals surface area (Å²) in [6.07, 6.45) is 3.03. The number of ether oxygens (including phenoxy) is 2. The molecule has 0 atom stereocenters. The molecule has 0 radical (unpaired) electrons. The molecule has 0 spiro atoms. The first-order valence-electron chi connectivity index (χ1n) is 8.33. The molecule has 1 saturated heterocycles. The van der Waals surface area contributed by atoms with Gasteiger partial charge in [-0.25, -0.2) is 4.79 Å². The molecule has 1 amide bonds. The van der Waals surface area contributed by atoms with Crippen molar-refractivity contribution in [3.05, 3.63) is 0 Å². The van der Waals surface area contributed by atoms with Gasteiger partial charge in [-0.15, -0.1) is 0 Å². The Morgan fingerprint density at radius 3 is 2.17 bits per heavy atom. The van der Waals surface area contributed by atoms with E-state index in [9.17, 15) is 4.79 Å². The van der Waals surface area contributed by atoms with E-state index >= 15 is 0 Å². The summed E-state index contributed by atoms with van der Waals surface area (Å²) in [4.78, 5) is 20.3. The van der Waals surface area contributed by atoms with Crippen LogP contribution in [0.15, 0.2) is 4.99 Å². The van der Waals surface area contributed by atoms with Crippen LogP contribution in [0, 0.1) is 0 Å². The van der Waals surface area contributed by atoms with E-state index < -0.39 is 5.60 Å². The summed E-state index contributed by atoms with van der Waals surface area (Å²) in [5.74, 6) is 0.539. The Hall–Kier alpha value is -1.50. The molecular weight excluding hydrogens is 296 g/mol. The molecular formula is C16H30N4O3. The molecule has 1 aliphatic heterocycles. The van der Waals surface area contributed by atoms with Crippen LogP contribution in [0.4, 0.5) is 4.79 Å². The van der Waals surface area contributed by atoms with E-state index in [-0.39, 0.29) is 11.7 Å². The smallest absolute Gasteiger partial charge is 0.410 e. The van der Waals surface area contributed by atoms with E-state index in [0.29, 0.717) is 38.7 Å². The number of hydrogen-bond acceptors (Lipinski definition) is 4. The summed E-state index contributed by atoms with van der Waals surface area (Å²) in [6, 6.07) is 0. The van der Waals surface area contributed by atoms with Crippen molar-refractivity contribution >= 4 is 12.1 Å². The minimum atomic E-state index is -0.466. The molecule has 2 N–H and O–H groups in total. The van der Waals surface area contributed by atoms with Crippen LogP contribution in [-0.2, 0) is 9.47 Å². The first-order chi connectivity index (χ1) is 10.7. The fourth-order valence-corrected chi connectivity index (χ4v) is 2.77. The predicted octanol–water partition coefficient (Wildman–Crippen LogP) is 1.42. The zero-order chi connectivity index (χ0) is 17.1. The standard InChI is InChI=1S/C16H30N4O3/c1-15(2,3)23-14(21)20-10-8-19(9-11-20)13(17)18-12-16(22-4)6-5-7-16/h5-12H2,1-4H3,(H2,17,18). The van der Waals surface area contributed by atoms with E-state index in [1.807, 2.05) is 25.7 Å². The van der Waals surface area contributed by atoms with Gasteiger partial charge < -0.3 is 25.0 Å². The van der Waals surface area contributed by atoms with Crippen LogP contribution in [0.1, 0.15) is 40.0 Å². The second-order valence-corrected chi connectivity index (χ2v) is 7.37. The maximum atomic E-state index is 12.0. The summed E-state index contributed by atoms with van der Waals surface area (Å²) < 4.78 is 10.9. The first kappa shape index (κ1) is 17.8. The van der Waals surface area contributed by atoms with Crippen molar-refractivity contribution in [3.8, 4) is 0 Å². The van der Waals surface area contributed by atoms with Gasteiger partial charge in [-0.05, 0) is 40.0 Å². The van der Waals surface area contributed by atoms with Gasteiger partial charge in [0.1, 0.15) is 5.60 Å². The molecule has 2 aliphatic rings. The number of nitrogens with zero attached hydrogens (tertiary/aromatic N) is 3. The first-order valence-corrected chi connectivity index (χ1v) is 8.33. The molecule has 132 valence electrons. The zero-order valence-corrected chi connectivity index (χ0v) is 14.8. The van der Waals surface area contributed by atoms with Crippen molar-refractivity contribution in [1.82, 2.24) is 9.80 Å². The Bertz CT molecular complexity index is 441. The maximum absolute atomic E-state index is 12.0. The number of carbonyl (C=O) groups is 1. The Morgan fingerprint density at radius 2 is 1.74 bits per heavy atom. The van der Waals surface area contributed by atoms with Crippen molar-refractivity contribution in [1.29, 1.82) is 0 Å². The lowest BCUT2D eigenvalue weighted by molar-refractivity contribution is -0.0631. The highest BCUT2D eigenvalue weighted by atomic mass is 16.6. The highest BCUT2D eigenvalue weighted by molar-refractivity contribution is 5.78. The number of nitrogens with two attached hydrogens (primary N) is 1. The Labute approximate surface area is 138 Å². The van der Waals surface area contributed by atoms with Crippen molar-refractivity contribution in [2.75, 3.05) is 39.8 Å². The van der Waals surface area contributed by atoms with Crippen LogP contribution in [-0.4, -0.2) is 72.9 Å². The monoisotopic (exact) mass is 326 g/mol. The topological polar surface area (TPSA) is 80.4 Å². The molecule has 2 fully saturated rings. The summed E-state index contributed by atoms with van der Waals surface area (Å²) >= 11 is 0. The van der Waals surface area contributed by atoms with Gasteiger partial charge >= 0.3 is 6.09 Å². The van der Waals surface area contributed by atoms with Crippen LogP contribution in [0.5, 0.6) is 0 Å². The summed E-state index contributed by atoms with van der Waals surface area (Å²) in [5, 5.41) is 0. The van der Waals surface area contributed by atoms with Gasteiger partial charge in [0.2, 0.25) is 0 Å². The Balaban J connectivity index is 1.80. The van der Waals surface area contributed by atoms with Gasteiger partial charge in [-0.2, -0.15) is 0 Å². The van der Waals surface area contributed by atoms with Gasteiger partial charge in [-0.3, -0.25) is 4.99 Å². The lowest BCUT2D eigenvalue weighted by Gasteiger charge is -2.40. The molecule has 0 aromatic heterocycles. The number of rotatable bonds is 3. The zero-order valence-electron chi connectivity index (χ0n) is 14.8. The summed E-state index contributed by atoms with van der Waals surface area (Å²) in [6.45, 7) is 8.78. The van der Waals surface area contributed by atoms with Gasteiger partial charge in [0.15, 0.2) is 5.96 Å². The molecule has 2 rings (SSSR count). The number of aliphatic imine (C=N–C) groups is 1. The molecule has 0 aromatic rings. The van der Waals surface area contributed by atoms with Crippen LogP contribution in [0.3, 0.4) is 0 Å². The van der Waals surface area contributed by atoms with E-state index in [1.54, 1.807) is 12.0 Å². The lowest BCUT2D eigenvalue weighted by Crippen LogP contribution is -2.54. The van der Waals surface area contributed by atoms with Gasteiger partial charge in [0, 0.05) is 33.3 Å².